The molecule has 2 heterocycles. The number of rotatable bonds is 6. The van der Waals surface area contributed by atoms with Gasteiger partial charge in [0.15, 0.2) is 0 Å². The number of nitrogens with two attached hydrogens (primary N) is 1. The van der Waals surface area contributed by atoms with Gasteiger partial charge in [-0.3, -0.25) is 19.2 Å². The van der Waals surface area contributed by atoms with Crippen molar-refractivity contribution in [3.8, 4) is 0 Å². The average molecular weight is 509 g/mol. The van der Waals surface area contributed by atoms with Crippen LogP contribution in [-0.4, -0.2) is 38.4 Å². The van der Waals surface area contributed by atoms with Gasteiger partial charge < -0.3 is 5.73 Å². The van der Waals surface area contributed by atoms with Gasteiger partial charge in [-0.2, -0.15) is 18.3 Å². The van der Waals surface area contributed by atoms with Gasteiger partial charge >= 0.3 is 6.18 Å². The van der Waals surface area contributed by atoms with E-state index in [1.165, 1.54) is 16.8 Å². The van der Waals surface area contributed by atoms with Gasteiger partial charge in [-0.05, 0) is 59.7 Å². The predicted molar refractivity (Wildman–Crippen MR) is 126 cm³/mol. The van der Waals surface area contributed by atoms with E-state index < -0.39 is 17.6 Å². The Hall–Kier alpha value is -2.82. The van der Waals surface area contributed by atoms with E-state index in [2.05, 4.69) is 5.10 Å². The third-order valence-corrected chi connectivity index (χ3v) is 6.62. The number of benzene rings is 2. The molecule has 1 atom stereocenters. The second-order valence-electron chi connectivity index (χ2n) is 7.88. The Kier molecular flexibility index (Phi) is 6.75. The van der Waals surface area contributed by atoms with Crippen LogP contribution in [0.2, 0.25) is 5.02 Å². The summed E-state index contributed by atoms with van der Waals surface area (Å²) < 4.78 is 41.8. The molecule has 0 radical (unpaired) electrons. The van der Waals surface area contributed by atoms with Gasteiger partial charge in [0, 0.05) is 23.0 Å². The Morgan fingerprint density at radius 1 is 1.21 bits per heavy atom. The number of hydrogen-bond acceptors (Lipinski definition) is 5. The fourth-order valence-electron chi connectivity index (χ4n) is 3.61. The molecule has 1 fully saturated rings. The Morgan fingerprint density at radius 2 is 1.97 bits per heavy atom. The monoisotopic (exact) mass is 508 g/mol. The molecule has 1 aliphatic heterocycles. The molecule has 6 nitrogen and oxygen atoms in total. The Morgan fingerprint density at radius 3 is 2.68 bits per heavy atom. The second-order valence-corrected chi connectivity index (χ2v) is 9.31. The molecule has 2 N–H and O–H groups in total. The van der Waals surface area contributed by atoms with E-state index in [0.29, 0.717) is 22.9 Å². The third kappa shape index (κ3) is 4.98. The predicted octanol–water partition coefficient (Wildman–Crippen LogP) is 5.53. The first-order valence-corrected chi connectivity index (χ1v) is 11.6. The summed E-state index contributed by atoms with van der Waals surface area (Å²) in [4.78, 5) is 26.3. The zero-order chi connectivity index (χ0) is 24.6. The highest BCUT2D eigenvalue weighted by Gasteiger charge is 2.36. The lowest BCUT2D eigenvalue weighted by Crippen LogP contribution is -2.39. The van der Waals surface area contributed by atoms with E-state index in [4.69, 9.17) is 17.3 Å². The van der Waals surface area contributed by atoms with Crippen LogP contribution in [-0.2, 0) is 17.5 Å². The van der Waals surface area contributed by atoms with E-state index in [-0.39, 0.29) is 39.9 Å². The molecular weight excluding hydrogens is 489 g/mol. The summed E-state index contributed by atoms with van der Waals surface area (Å²) in [5.74, 6) is -0.392. The maximum absolute atomic E-state index is 13.4. The molecular formula is C23H20ClF3N4O2S. The highest BCUT2D eigenvalue weighted by Crippen LogP contribution is 2.35. The van der Waals surface area contributed by atoms with Crippen molar-refractivity contribution in [1.29, 1.82) is 0 Å². The van der Waals surface area contributed by atoms with Crippen molar-refractivity contribution in [2.45, 2.75) is 32.1 Å². The third-order valence-electron chi connectivity index (χ3n) is 5.48. The average Bonchev–Trinajstić information content (AvgIpc) is 3.29. The lowest BCUT2D eigenvalue weighted by atomic mass is 10.1. The van der Waals surface area contributed by atoms with Crippen LogP contribution in [0.4, 0.5) is 18.0 Å². The molecule has 0 saturated carbocycles. The molecule has 0 spiro atoms. The van der Waals surface area contributed by atoms with Gasteiger partial charge in [0.25, 0.3) is 11.1 Å². The largest absolute Gasteiger partial charge is 0.416 e. The van der Waals surface area contributed by atoms with Crippen molar-refractivity contribution in [2.75, 3.05) is 6.54 Å². The summed E-state index contributed by atoms with van der Waals surface area (Å²) in [5.41, 5.74) is 6.42. The number of thioether (sulfide) groups is 1. The lowest BCUT2D eigenvalue weighted by Gasteiger charge is -2.16. The first kappa shape index (κ1) is 24.3. The highest BCUT2D eigenvalue weighted by atomic mass is 35.5. The smallest absolute Gasteiger partial charge is 0.326 e. The molecule has 1 aliphatic rings. The first-order valence-electron chi connectivity index (χ1n) is 10.4. The van der Waals surface area contributed by atoms with Crippen LogP contribution >= 0.6 is 23.4 Å². The van der Waals surface area contributed by atoms with Gasteiger partial charge in [0.05, 0.1) is 28.7 Å². The normalized spacial score (nSPS) is 16.8. The van der Waals surface area contributed by atoms with Crippen LogP contribution in [0.25, 0.3) is 17.0 Å². The number of imide groups is 1. The van der Waals surface area contributed by atoms with Gasteiger partial charge in [0.2, 0.25) is 0 Å². The summed E-state index contributed by atoms with van der Waals surface area (Å²) in [7, 11) is 0. The maximum atomic E-state index is 13.4. The van der Waals surface area contributed by atoms with E-state index in [1.54, 1.807) is 30.5 Å². The lowest BCUT2D eigenvalue weighted by molar-refractivity contribution is -0.138. The molecule has 11 heteroatoms. The van der Waals surface area contributed by atoms with Crippen molar-refractivity contribution in [3.05, 3.63) is 69.2 Å². The van der Waals surface area contributed by atoms with Gasteiger partial charge in [-0.25, -0.2) is 0 Å². The minimum Gasteiger partial charge on any atom is -0.326 e. The van der Waals surface area contributed by atoms with Gasteiger partial charge in [-0.15, -0.1) is 0 Å². The van der Waals surface area contributed by atoms with E-state index in [0.717, 1.165) is 22.7 Å². The quantitative estimate of drug-likeness (QED) is 0.443. The van der Waals surface area contributed by atoms with Crippen LogP contribution in [0.5, 0.6) is 0 Å². The fraction of sp³-hybridized carbons (Fsp3) is 0.261. The number of aromatic nitrogens is 2. The van der Waals surface area contributed by atoms with Crippen molar-refractivity contribution >= 4 is 51.5 Å². The molecule has 0 unspecified atom stereocenters. The number of fused-ring (bicyclic) bond motifs is 1. The topological polar surface area (TPSA) is 81.2 Å². The number of nitrogens with zero attached hydrogens (tertiary/aromatic N) is 3. The summed E-state index contributed by atoms with van der Waals surface area (Å²) in [5, 5.41) is 4.56. The molecule has 1 aromatic heterocycles. The summed E-state index contributed by atoms with van der Waals surface area (Å²) in [6.07, 6.45) is -0.746. The molecule has 34 heavy (non-hydrogen) atoms. The van der Waals surface area contributed by atoms with Crippen LogP contribution in [0.1, 0.15) is 30.0 Å². The molecule has 2 amide bonds. The summed E-state index contributed by atoms with van der Waals surface area (Å²) >= 11 is 6.61. The molecule has 178 valence electrons. The van der Waals surface area contributed by atoms with Crippen molar-refractivity contribution in [1.82, 2.24) is 14.7 Å². The fourth-order valence-corrected chi connectivity index (χ4v) is 4.63. The van der Waals surface area contributed by atoms with Gasteiger partial charge in [-0.1, -0.05) is 30.7 Å². The molecule has 4 rings (SSSR count). The second kappa shape index (κ2) is 9.44. The van der Waals surface area contributed by atoms with Crippen LogP contribution in [0.3, 0.4) is 0 Å². The summed E-state index contributed by atoms with van der Waals surface area (Å²) in [6.45, 7) is 1.95. The maximum Gasteiger partial charge on any atom is 0.416 e. The molecule has 0 aliphatic carbocycles. The minimum atomic E-state index is -4.54. The number of amides is 2. The Labute approximate surface area is 202 Å². The number of carbonyl (C=O) groups excluding carboxylic acids is 2. The van der Waals surface area contributed by atoms with Crippen molar-refractivity contribution in [2.24, 2.45) is 5.73 Å². The van der Waals surface area contributed by atoms with Gasteiger partial charge in [0.1, 0.15) is 0 Å². The number of hydrogen-bond donors (Lipinski definition) is 1. The first-order chi connectivity index (χ1) is 16.1. The van der Waals surface area contributed by atoms with Crippen molar-refractivity contribution < 1.29 is 22.8 Å². The molecule has 0 bridgehead atoms. The Bertz CT molecular complexity index is 1310. The number of alkyl halides is 3. The molecule has 3 aromatic rings. The molecule has 2 aromatic carbocycles. The van der Waals surface area contributed by atoms with E-state index in [1.807, 2.05) is 6.92 Å². The molecule has 1 saturated heterocycles. The number of carbonyl (C=O) groups is 2. The van der Waals surface area contributed by atoms with E-state index >= 15 is 0 Å². The highest BCUT2D eigenvalue weighted by molar-refractivity contribution is 8.18. The minimum absolute atomic E-state index is 0.00660. The zero-order valence-corrected chi connectivity index (χ0v) is 19.5. The zero-order valence-electron chi connectivity index (χ0n) is 18.0. The van der Waals surface area contributed by atoms with Crippen LogP contribution in [0, 0.1) is 0 Å². The Balaban J connectivity index is 1.59. The summed E-state index contributed by atoms with van der Waals surface area (Å²) in [6, 6.07) is 8.57. The van der Waals surface area contributed by atoms with E-state index in [9.17, 15) is 22.8 Å². The number of halogens is 4. The standard InChI is InChI=1S/C23H20ClF3N4O2S/c1-2-17(28)12-30-21(32)20(34-22(30)33)8-13-3-6-19-15(7-13)10-29-31(19)11-14-4-5-16(24)9-18(14)23(25,26)27/h3-10,17H,2,11-12,28H2,1H3/b20-8-/t17-/m0/s1. The van der Waals surface area contributed by atoms with Crippen LogP contribution < -0.4 is 5.73 Å². The van der Waals surface area contributed by atoms with Crippen LogP contribution in [0.15, 0.2) is 47.5 Å². The SMILES string of the molecule is CC[C@H](N)CN1C(=O)S/C(=C\c2ccc3c(cnn3Cc3ccc(Cl)cc3C(F)(F)F)c2)C1=O. The van der Waals surface area contributed by atoms with Crippen molar-refractivity contribution in [3.63, 3.8) is 0 Å².